The molecular formula is C12H25NO3. The number of rotatable bonds is 8. The SMILES string of the molecule is CCOC(=O)C(C)CNCC(O)CC(C)C. The molecule has 0 spiro atoms. The highest BCUT2D eigenvalue weighted by atomic mass is 16.5. The van der Waals surface area contributed by atoms with Gasteiger partial charge in [0.25, 0.3) is 0 Å². The molecule has 0 heterocycles. The lowest BCUT2D eigenvalue weighted by Crippen LogP contribution is -2.33. The Morgan fingerprint density at radius 3 is 2.44 bits per heavy atom. The van der Waals surface area contributed by atoms with Gasteiger partial charge in [-0.25, -0.2) is 0 Å². The number of carbonyl (C=O) groups is 1. The van der Waals surface area contributed by atoms with E-state index in [0.29, 0.717) is 25.6 Å². The van der Waals surface area contributed by atoms with Crippen LogP contribution in [0.15, 0.2) is 0 Å². The molecule has 2 atom stereocenters. The molecule has 0 aliphatic heterocycles. The summed E-state index contributed by atoms with van der Waals surface area (Å²) < 4.78 is 4.88. The highest BCUT2D eigenvalue weighted by molar-refractivity contribution is 5.72. The van der Waals surface area contributed by atoms with E-state index in [2.05, 4.69) is 19.2 Å². The molecule has 0 aromatic carbocycles. The third-order valence-corrected chi connectivity index (χ3v) is 2.26. The molecule has 0 rings (SSSR count). The number of aliphatic hydroxyl groups excluding tert-OH is 1. The average molecular weight is 231 g/mol. The summed E-state index contributed by atoms with van der Waals surface area (Å²) >= 11 is 0. The first kappa shape index (κ1) is 15.4. The van der Waals surface area contributed by atoms with Gasteiger partial charge in [0.15, 0.2) is 0 Å². The Morgan fingerprint density at radius 1 is 1.31 bits per heavy atom. The maximum absolute atomic E-state index is 11.3. The molecule has 0 aliphatic carbocycles. The van der Waals surface area contributed by atoms with Gasteiger partial charge in [-0.05, 0) is 19.3 Å². The smallest absolute Gasteiger partial charge is 0.309 e. The van der Waals surface area contributed by atoms with Crippen LogP contribution in [0.1, 0.15) is 34.1 Å². The Balaban J connectivity index is 3.60. The summed E-state index contributed by atoms with van der Waals surface area (Å²) in [6, 6.07) is 0. The van der Waals surface area contributed by atoms with Crippen LogP contribution in [0, 0.1) is 11.8 Å². The van der Waals surface area contributed by atoms with Crippen molar-refractivity contribution in [2.24, 2.45) is 11.8 Å². The Hall–Kier alpha value is -0.610. The molecule has 0 saturated carbocycles. The molecule has 0 aromatic rings. The second-order valence-electron chi connectivity index (χ2n) is 4.59. The first-order chi connectivity index (χ1) is 7.47. The van der Waals surface area contributed by atoms with E-state index >= 15 is 0 Å². The normalized spacial score (nSPS) is 14.9. The van der Waals surface area contributed by atoms with Crippen LogP contribution in [0.4, 0.5) is 0 Å². The molecule has 0 saturated heterocycles. The number of carbonyl (C=O) groups excluding carboxylic acids is 1. The van der Waals surface area contributed by atoms with Gasteiger partial charge in [0.05, 0.1) is 18.6 Å². The Labute approximate surface area is 98.4 Å². The fourth-order valence-corrected chi connectivity index (χ4v) is 1.46. The second kappa shape index (κ2) is 8.53. The molecular weight excluding hydrogens is 206 g/mol. The molecule has 0 aliphatic rings. The molecule has 2 unspecified atom stereocenters. The molecule has 0 amide bonds. The number of hydrogen-bond acceptors (Lipinski definition) is 4. The molecule has 4 heteroatoms. The number of aliphatic hydroxyl groups is 1. The van der Waals surface area contributed by atoms with E-state index in [1.165, 1.54) is 0 Å². The zero-order valence-electron chi connectivity index (χ0n) is 10.8. The molecule has 96 valence electrons. The van der Waals surface area contributed by atoms with Crippen molar-refractivity contribution in [2.75, 3.05) is 19.7 Å². The van der Waals surface area contributed by atoms with E-state index in [-0.39, 0.29) is 18.0 Å². The van der Waals surface area contributed by atoms with Crippen LogP contribution in [-0.2, 0) is 9.53 Å². The van der Waals surface area contributed by atoms with Crippen molar-refractivity contribution in [3.8, 4) is 0 Å². The summed E-state index contributed by atoms with van der Waals surface area (Å²) in [7, 11) is 0. The van der Waals surface area contributed by atoms with Crippen LogP contribution in [0.3, 0.4) is 0 Å². The fraction of sp³-hybridized carbons (Fsp3) is 0.917. The van der Waals surface area contributed by atoms with E-state index in [1.54, 1.807) is 6.92 Å². The monoisotopic (exact) mass is 231 g/mol. The Bertz CT molecular complexity index is 195. The molecule has 16 heavy (non-hydrogen) atoms. The first-order valence-corrected chi connectivity index (χ1v) is 6.02. The highest BCUT2D eigenvalue weighted by Gasteiger charge is 2.14. The van der Waals surface area contributed by atoms with Crippen molar-refractivity contribution >= 4 is 5.97 Å². The van der Waals surface area contributed by atoms with Crippen LogP contribution >= 0.6 is 0 Å². The number of ether oxygens (including phenoxy) is 1. The van der Waals surface area contributed by atoms with Gasteiger partial charge >= 0.3 is 5.97 Å². The summed E-state index contributed by atoms with van der Waals surface area (Å²) in [5.41, 5.74) is 0. The molecule has 2 N–H and O–H groups in total. The summed E-state index contributed by atoms with van der Waals surface area (Å²) in [6.07, 6.45) is 0.440. The van der Waals surface area contributed by atoms with Crippen LogP contribution in [0.25, 0.3) is 0 Å². The van der Waals surface area contributed by atoms with Gasteiger partial charge in [-0.15, -0.1) is 0 Å². The van der Waals surface area contributed by atoms with Crippen LogP contribution < -0.4 is 5.32 Å². The van der Waals surface area contributed by atoms with Crippen LogP contribution in [-0.4, -0.2) is 36.9 Å². The lowest BCUT2D eigenvalue weighted by Gasteiger charge is -2.16. The van der Waals surface area contributed by atoms with Gasteiger partial charge in [-0.3, -0.25) is 4.79 Å². The minimum absolute atomic E-state index is 0.161. The van der Waals surface area contributed by atoms with Crippen molar-refractivity contribution < 1.29 is 14.6 Å². The fourth-order valence-electron chi connectivity index (χ4n) is 1.46. The molecule has 0 radical (unpaired) electrons. The van der Waals surface area contributed by atoms with E-state index in [9.17, 15) is 9.90 Å². The molecule has 4 nitrogen and oxygen atoms in total. The van der Waals surface area contributed by atoms with Crippen LogP contribution in [0.2, 0.25) is 0 Å². The van der Waals surface area contributed by atoms with E-state index in [4.69, 9.17) is 4.74 Å². The largest absolute Gasteiger partial charge is 0.466 e. The Kier molecular flexibility index (Phi) is 8.21. The third-order valence-electron chi connectivity index (χ3n) is 2.26. The molecule has 0 aromatic heterocycles. The number of hydrogen-bond donors (Lipinski definition) is 2. The van der Waals surface area contributed by atoms with Gasteiger partial charge in [0.2, 0.25) is 0 Å². The van der Waals surface area contributed by atoms with Crippen molar-refractivity contribution in [2.45, 2.75) is 40.2 Å². The van der Waals surface area contributed by atoms with Gasteiger partial charge in [-0.1, -0.05) is 20.8 Å². The lowest BCUT2D eigenvalue weighted by atomic mass is 10.1. The van der Waals surface area contributed by atoms with Crippen molar-refractivity contribution in [1.29, 1.82) is 0 Å². The zero-order valence-corrected chi connectivity index (χ0v) is 10.8. The minimum atomic E-state index is -0.339. The lowest BCUT2D eigenvalue weighted by molar-refractivity contribution is -0.147. The van der Waals surface area contributed by atoms with Gasteiger partial charge in [0, 0.05) is 13.1 Å². The summed E-state index contributed by atoms with van der Waals surface area (Å²) in [6.45, 7) is 9.26. The van der Waals surface area contributed by atoms with Crippen molar-refractivity contribution in [1.82, 2.24) is 5.32 Å². The Morgan fingerprint density at radius 2 is 1.94 bits per heavy atom. The van der Waals surface area contributed by atoms with Crippen LogP contribution in [0.5, 0.6) is 0 Å². The van der Waals surface area contributed by atoms with Crippen molar-refractivity contribution in [3.05, 3.63) is 0 Å². The van der Waals surface area contributed by atoms with Gasteiger partial charge in [0.1, 0.15) is 0 Å². The number of nitrogens with one attached hydrogen (secondary N) is 1. The van der Waals surface area contributed by atoms with E-state index < -0.39 is 0 Å². The third kappa shape index (κ3) is 7.65. The topological polar surface area (TPSA) is 58.6 Å². The predicted octanol–water partition coefficient (Wildman–Crippen LogP) is 1.18. The second-order valence-corrected chi connectivity index (χ2v) is 4.59. The minimum Gasteiger partial charge on any atom is -0.466 e. The quantitative estimate of drug-likeness (QED) is 0.616. The predicted molar refractivity (Wildman–Crippen MR) is 64.1 cm³/mol. The highest BCUT2D eigenvalue weighted by Crippen LogP contribution is 2.03. The first-order valence-electron chi connectivity index (χ1n) is 6.02. The maximum Gasteiger partial charge on any atom is 0.309 e. The van der Waals surface area contributed by atoms with Crippen molar-refractivity contribution in [3.63, 3.8) is 0 Å². The number of esters is 1. The average Bonchev–Trinajstić information content (AvgIpc) is 2.16. The molecule has 0 fully saturated rings. The zero-order chi connectivity index (χ0) is 12.6. The van der Waals surface area contributed by atoms with Gasteiger partial charge in [-0.2, -0.15) is 0 Å². The summed E-state index contributed by atoms with van der Waals surface area (Å²) in [5.74, 6) is 0.138. The summed E-state index contributed by atoms with van der Waals surface area (Å²) in [4.78, 5) is 11.3. The van der Waals surface area contributed by atoms with E-state index in [0.717, 1.165) is 6.42 Å². The molecule has 0 bridgehead atoms. The van der Waals surface area contributed by atoms with E-state index in [1.807, 2.05) is 6.92 Å². The maximum atomic E-state index is 11.3. The van der Waals surface area contributed by atoms with Gasteiger partial charge < -0.3 is 15.2 Å². The summed E-state index contributed by atoms with van der Waals surface area (Å²) in [5, 5.41) is 12.7. The standard InChI is InChI=1S/C12H25NO3/c1-5-16-12(15)10(4)7-13-8-11(14)6-9(2)3/h9-11,13-14H,5-8H2,1-4H3.